The van der Waals surface area contributed by atoms with E-state index >= 15 is 0 Å². The molecule has 1 aliphatic rings. The third kappa shape index (κ3) is 3.42. The lowest BCUT2D eigenvalue weighted by molar-refractivity contribution is -0.0710. The highest BCUT2D eigenvalue weighted by molar-refractivity contribution is 7.17. The zero-order chi connectivity index (χ0) is 18.3. The van der Waals surface area contributed by atoms with Crippen molar-refractivity contribution in [1.82, 2.24) is 14.9 Å². The van der Waals surface area contributed by atoms with Crippen molar-refractivity contribution in [2.24, 2.45) is 0 Å². The van der Waals surface area contributed by atoms with Gasteiger partial charge in [0.15, 0.2) is 0 Å². The van der Waals surface area contributed by atoms with Crippen molar-refractivity contribution in [2.45, 2.75) is 32.6 Å². The van der Waals surface area contributed by atoms with E-state index in [2.05, 4.69) is 28.7 Å². The van der Waals surface area contributed by atoms with Gasteiger partial charge in [0, 0.05) is 24.0 Å². The molecular formula is C19H20FN3O2S. The van der Waals surface area contributed by atoms with Crippen LogP contribution in [-0.2, 0) is 11.3 Å². The van der Waals surface area contributed by atoms with Crippen molar-refractivity contribution in [1.29, 1.82) is 0 Å². The SMILES string of the molecule is CC1CN(Cc2nc3scc(-c4ccc(F)cc4)c3c(=O)[nH]2)CC(C)O1. The Kier molecular flexibility index (Phi) is 4.60. The van der Waals surface area contributed by atoms with Crippen LogP contribution in [0.1, 0.15) is 19.7 Å². The van der Waals surface area contributed by atoms with Crippen molar-refractivity contribution in [2.75, 3.05) is 13.1 Å². The summed E-state index contributed by atoms with van der Waals surface area (Å²) < 4.78 is 18.9. The minimum absolute atomic E-state index is 0.153. The number of nitrogens with one attached hydrogen (secondary N) is 1. The first kappa shape index (κ1) is 17.3. The van der Waals surface area contributed by atoms with Gasteiger partial charge in [-0.1, -0.05) is 12.1 Å². The van der Waals surface area contributed by atoms with Gasteiger partial charge >= 0.3 is 0 Å². The van der Waals surface area contributed by atoms with Crippen LogP contribution < -0.4 is 5.56 Å². The highest BCUT2D eigenvalue weighted by Gasteiger charge is 2.23. The predicted molar refractivity (Wildman–Crippen MR) is 101 cm³/mol. The van der Waals surface area contributed by atoms with Crippen molar-refractivity contribution in [3.63, 3.8) is 0 Å². The fourth-order valence-corrected chi connectivity index (χ4v) is 4.50. The van der Waals surface area contributed by atoms with Crippen molar-refractivity contribution >= 4 is 21.6 Å². The molecule has 0 aliphatic carbocycles. The molecule has 26 heavy (non-hydrogen) atoms. The van der Waals surface area contributed by atoms with Crippen molar-refractivity contribution in [3.05, 3.63) is 51.6 Å². The van der Waals surface area contributed by atoms with E-state index in [1.807, 2.05) is 5.38 Å². The molecule has 136 valence electrons. The lowest BCUT2D eigenvalue weighted by atomic mass is 10.1. The molecule has 2 aromatic heterocycles. The Balaban J connectivity index is 1.66. The molecule has 1 N–H and O–H groups in total. The molecule has 0 radical (unpaired) electrons. The van der Waals surface area contributed by atoms with Gasteiger partial charge in [-0.3, -0.25) is 9.69 Å². The van der Waals surface area contributed by atoms with Crippen LogP contribution in [0.15, 0.2) is 34.4 Å². The van der Waals surface area contributed by atoms with Crippen LogP contribution in [-0.4, -0.2) is 40.2 Å². The van der Waals surface area contributed by atoms with Gasteiger partial charge in [0.2, 0.25) is 0 Å². The number of thiophene rings is 1. The van der Waals surface area contributed by atoms with Crippen LogP contribution >= 0.6 is 11.3 Å². The first-order chi connectivity index (χ1) is 12.5. The zero-order valence-corrected chi connectivity index (χ0v) is 15.5. The van der Waals surface area contributed by atoms with E-state index in [-0.39, 0.29) is 23.6 Å². The van der Waals surface area contributed by atoms with Gasteiger partial charge in [-0.25, -0.2) is 9.37 Å². The number of halogens is 1. The average molecular weight is 373 g/mol. The smallest absolute Gasteiger partial charge is 0.260 e. The highest BCUT2D eigenvalue weighted by Crippen LogP contribution is 2.30. The quantitative estimate of drug-likeness (QED) is 0.764. The summed E-state index contributed by atoms with van der Waals surface area (Å²) in [5.41, 5.74) is 1.45. The largest absolute Gasteiger partial charge is 0.373 e. The van der Waals surface area contributed by atoms with Crippen LogP contribution in [0, 0.1) is 5.82 Å². The molecule has 2 atom stereocenters. The van der Waals surface area contributed by atoms with E-state index in [1.54, 1.807) is 12.1 Å². The Labute approximate surface area is 154 Å². The summed E-state index contributed by atoms with van der Waals surface area (Å²) in [5.74, 6) is 0.368. The van der Waals surface area contributed by atoms with Crippen LogP contribution in [0.4, 0.5) is 4.39 Å². The number of H-pyrrole nitrogens is 1. The molecule has 0 saturated carbocycles. The van der Waals surface area contributed by atoms with Crippen molar-refractivity contribution < 1.29 is 9.13 Å². The van der Waals surface area contributed by atoms with Crippen LogP contribution in [0.2, 0.25) is 0 Å². The minimum atomic E-state index is -0.295. The summed E-state index contributed by atoms with van der Waals surface area (Å²) >= 11 is 1.44. The van der Waals surface area contributed by atoms with E-state index in [0.717, 1.165) is 24.2 Å². The van der Waals surface area contributed by atoms with E-state index < -0.39 is 0 Å². The highest BCUT2D eigenvalue weighted by atomic mass is 32.1. The van der Waals surface area contributed by atoms with E-state index in [0.29, 0.717) is 22.6 Å². The fraction of sp³-hybridized carbons (Fsp3) is 0.368. The molecule has 1 saturated heterocycles. The number of hydrogen-bond acceptors (Lipinski definition) is 5. The summed E-state index contributed by atoms with van der Waals surface area (Å²) in [5, 5.41) is 2.47. The van der Waals surface area contributed by atoms with Gasteiger partial charge in [0.1, 0.15) is 16.5 Å². The lowest BCUT2D eigenvalue weighted by Gasteiger charge is -2.34. The Bertz CT molecular complexity index is 973. The summed E-state index contributed by atoms with van der Waals surface area (Å²) in [6.45, 7) is 6.33. The molecule has 3 aromatic rings. The molecule has 1 aromatic carbocycles. The van der Waals surface area contributed by atoms with E-state index in [4.69, 9.17) is 4.74 Å². The number of fused-ring (bicyclic) bond motifs is 1. The normalized spacial score (nSPS) is 21.3. The summed E-state index contributed by atoms with van der Waals surface area (Å²) in [6.07, 6.45) is 0.335. The molecule has 5 nitrogen and oxygen atoms in total. The summed E-state index contributed by atoms with van der Waals surface area (Å²) in [7, 11) is 0. The summed E-state index contributed by atoms with van der Waals surface area (Å²) in [4.78, 5) is 23.2. The molecule has 0 spiro atoms. The molecule has 0 amide bonds. The van der Waals surface area contributed by atoms with E-state index in [9.17, 15) is 9.18 Å². The Hall–Kier alpha value is -2.09. The number of ether oxygens (including phenoxy) is 1. The molecule has 2 unspecified atom stereocenters. The molecular weight excluding hydrogens is 353 g/mol. The maximum Gasteiger partial charge on any atom is 0.260 e. The second kappa shape index (κ2) is 6.90. The van der Waals surface area contributed by atoms with Gasteiger partial charge in [-0.2, -0.15) is 0 Å². The Morgan fingerprint density at radius 1 is 1.27 bits per heavy atom. The average Bonchev–Trinajstić information content (AvgIpc) is 2.99. The molecule has 1 aliphatic heterocycles. The first-order valence-corrected chi connectivity index (χ1v) is 9.51. The minimum Gasteiger partial charge on any atom is -0.373 e. The number of rotatable bonds is 3. The molecule has 4 rings (SSSR count). The van der Waals surface area contributed by atoms with Gasteiger partial charge < -0.3 is 9.72 Å². The number of morpholine rings is 1. The van der Waals surface area contributed by atoms with Gasteiger partial charge in [-0.05, 0) is 31.5 Å². The Morgan fingerprint density at radius 3 is 2.65 bits per heavy atom. The molecule has 1 fully saturated rings. The first-order valence-electron chi connectivity index (χ1n) is 8.64. The fourth-order valence-electron chi connectivity index (χ4n) is 3.54. The summed E-state index contributed by atoms with van der Waals surface area (Å²) in [6, 6.07) is 6.16. The predicted octanol–water partition coefficient (Wildman–Crippen LogP) is 3.40. The molecule has 3 heterocycles. The maximum atomic E-state index is 13.2. The second-order valence-corrected chi connectivity index (χ2v) is 7.66. The third-order valence-corrected chi connectivity index (χ3v) is 5.39. The lowest BCUT2D eigenvalue weighted by Crippen LogP contribution is -2.45. The number of nitrogens with zero attached hydrogens (tertiary/aromatic N) is 2. The van der Waals surface area contributed by atoms with Gasteiger partial charge in [0.25, 0.3) is 5.56 Å². The third-order valence-electron chi connectivity index (χ3n) is 4.52. The van der Waals surface area contributed by atoms with Crippen LogP contribution in [0.3, 0.4) is 0 Å². The molecule has 7 heteroatoms. The topological polar surface area (TPSA) is 58.2 Å². The maximum absolute atomic E-state index is 13.2. The van der Waals surface area contributed by atoms with Gasteiger partial charge in [-0.15, -0.1) is 11.3 Å². The molecule has 0 bridgehead atoms. The standard InChI is InChI=1S/C19H20FN3O2S/c1-11-7-23(8-12(2)25-11)9-16-21-18(24)17-15(10-26-19(17)22-16)13-3-5-14(20)6-4-13/h3-6,10-12H,7-9H2,1-2H3,(H,21,22,24). The number of aromatic nitrogens is 2. The van der Waals surface area contributed by atoms with E-state index in [1.165, 1.54) is 23.5 Å². The number of hydrogen-bond donors (Lipinski definition) is 1. The number of benzene rings is 1. The second-order valence-electron chi connectivity index (χ2n) is 6.80. The van der Waals surface area contributed by atoms with Crippen molar-refractivity contribution in [3.8, 4) is 11.1 Å². The monoisotopic (exact) mass is 373 g/mol. The van der Waals surface area contributed by atoms with Crippen LogP contribution in [0.25, 0.3) is 21.3 Å². The zero-order valence-electron chi connectivity index (χ0n) is 14.7. The van der Waals surface area contributed by atoms with Crippen LogP contribution in [0.5, 0.6) is 0 Å². The Morgan fingerprint density at radius 2 is 1.96 bits per heavy atom. The van der Waals surface area contributed by atoms with Gasteiger partial charge in [0.05, 0.1) is 24.1 Å². The number of aromatic amines is 1.